The number of carbonyl (C=O) groups excluding carboxylic acids is 2. The third-order valence-electron chi connectivity index (χ3n) is 2.00. The third kappa shape index (κ3) is 3.82. The van der Waals surface area contributed by atoms with Crippen molar-refractivity contribution >= 4 is 17.5 Å². The number of nitrogens with one attached hydrogen (secondary N) is 2. The molecule has 0 fully saturated rings. The summed E-state index contributed by atoms with van der Waals surface area (Å²) < 4.78 is 25.8. The van der Waals surface area contributed by atoms with Gasteiger partial charge >= 0.3 is 0 Å². The lowest BCUT2D eigenvalue weighted by Gasteiger charge is -2.13. The Hall–Kier alpha value is -1.98. The van der Waals surface area contributed by atoms with Gasteiger partial charge in [0.05, 0.1) is 5.69 Å². The fourth-order valence-electron chi connectivity index (χ4n) is 1.20. The maximum absolute atomic E-state index is 13.2. The average molecular weight is 242 g/mol. The highest BCUT2D eigenvalue weighted by molar-refractivity contribution is 5.96. The number of anilines is 1. The van der Waals surface area contributed by atoms with Crippen LogP contribution >= 0.6 is 0 Å². The monoisotopic (exact) mass is 242 g/mol. The van der Waals surface area contributed by atoms with Gasteiger partial charge in [0.1, 0.15) is 17.7 Å². The Morgan fingerprint density at radius 3 is 2.47 bits per heavy atom. The van der Waals surface area contributed by atoms with Gasteiger partial charge in [-0.3, -0.25) is 9.59 Å². The van der Waals surface area contributed by atoms with Crippen molar-refractivity contribution in [2.75, 3.05) is 5.32 Å². The standard InChI is InChI=1S/C11H12F2N2O2/c1-6(14-7(2)16)11(17)15-10-4-3-8(12)5-9(10)13/h3-6H,1-2H3,(H,14,16)(H,15,17). The molecule has 0 spiro atoms. The second-order valence-corrected chi connectivity index (χ2v) is 3.54. The lowest BCUT2D eigenvalue weighted by molar-refractivity contribution is -0.124. The minimum atomic E-state index is -0.867. The molecule has 1 rings (SSSR count). The molecule has 1 atom stereocenters. The van der Waals surface area contributed by atoms with Crippen LogP contribution in [-0.4, -0.2) is 17.9 Å². The first-order valence-corrected chi connectivity index (χ1v) is 4.93. The van der Waals surface area contributed by atoms with E-state index >= 15 is 0 Å². The molecule has 0 aliphatic heterocycles. The number of rotatable bonds is 3. The van der Waals surface area contributed by atoms with Gasteiger partial charge in [-0.05, 0) is 19.1 Å². The van der Waals surface area contributed by atoms with E-state index in [-0.39, 0.29) is 11.6 Å². The van der Waals surface area contributed by atoms with Crippen molar-refractivity contribution in [3.05, 3.63) is 29.8 Å². The predicted octanol–water partition coefficient (Wildman–Crippen LogP) is 1.43. The van der Waals surface area contributed by atoms with Crippen molar-refractivity contribution in [1.29, 1.82) is 0 Å². The van der Waals surface area contributed by atoms with E-state index in [0.29, 0.717) is 6.07 Å². The first-order chi connectivity index (χ1) is 7.90. The van der Waals surface area contributed by atoms with E-state index in [2.05, 4.69) is 10.6 Å². The fourth-order valence-corrected chi connectivity index (χ4v) is 1.20. The van der Waals surface area contributed by atoms with Crippen molar-refractivity contribution < 1.29 is 18.4 Å². The molecule has 2 amide bonds. The van der Waals surface area contributed by atoms with Gasteiger partial charge in [0.15, 0.2) is 0 Å². The summed E-state index contributed by atoms with van der Waals surface area (Å²) >= 11 is 0. The molecule has 0 heterocycles. The summed E-state index contributed by atoms with van der Waals surface area (Å²) in [6, 6.07) is 2.01. The van der Waals surface area contributed by atoms with Crippen LogP contribution < -0.4 is 10.6 Å². The largest absolute Gasteiger partial charge is 0.345 e. The first-order valence-electron chi connectivity index (χ1n) is 4.93. The predicted molar refractivity (Wildman–Crippen MR) is 58.3 cm³/mol. The van der Waals surface area contributed by atoms with Crippen molar-refractivity contribution in [3.63, 3.8) is 0 Å². The summed E-state index contributed by atoms with van der Waals surface area (Å²) in [5.74, 6) is -2.54. The maximum atomic E-state index is 13.2. The molecule has 0 radical (unpaired) electrons. The van der Waals surface area contributed by atoms with Crippen LogP contribution in [0.2, 0.25) is 0 Å². The van der Waals surface area contributed by atoms with E-state index in [1.807, 2.05) is 0 Å². The number of carbonyl (C=O) groups is 2. The van der Waals surface area contributed by atoms with E-state index < -0.39 is 23.6 Å². The Morgan fingerprint density at radius 1 is 1.29 bits per heavy atom. The van der Waals surface area contributed by atoms with Crippen molar-refractivity contribution in [2.45, 2.75) is 19.9 Å². The van der Waals surface area contributed by atoms with Crippen LogP contribution in [0.15, 0.2) is 18.2 Å². The van der Waals surface area contributed by atoms with E-state index in [1.165, 1.54) is 13.8 Å². The second kappa shape index (κ2) is 5.38. The minimum Gasteiger partial charge on any atom is -0.345 e. The molecule has 0 saturated heterocycles. The van der Waals surface area contributed by atoms with Gasteiger partial charge in [0.25, 0.3) is 0 Å². The average Bonchev–Trinajstić information content (AvgIpc) is 2.21. The summed E-state index contributed by atoms with van der Waals surface area (Å²) in [5.41, 5.74) is -0.131. The zero-order valence-electron chi connectivity index (χ0n) is 9.38. The summed E-state index contributed by atoms with van der Waals surface area (Å²) in [6.07, 6.45) is 0. The van der Waals surface area contributed by atoms with E-state index in [0.717, 1.165) is 12.1 Å². The van der Waals surface area contributed by atoms with Gasteiger partial charge in [-0.25, -0.2) is 8.78 Å². The van der Waals surface area contributed by atoms with Crippen LogP contribution in [0.25, 0.3) is 0 Å². The molecule has 0 aliphatic rings. The maximum Gasteiger partial charge on any atom is 0.246 e. The van der Waals surface area contributed by atoms with Gasteiger partial charge in [0.2, 0.25) is 11.8 Å². The number of hydrogen-bond acceptors (Lipinski definition) is 2. The quantitative estimate of drug-likeness (QED) is 0.842. The number of hydrogen-bond donors (Lipinski definition) is 2. The number of halogens is 2. The molecule has 4 nitrogen and oxygen atoms in total. The van der Waals surface area contributed by atoms with Gasteiger partial charge in [-0.1, -0.05) is 0 Å². The van der Waals surface area contributed by atoms with Crippen LogP contribution in [0.1, 0.15) is 13.8 Å². The summed E-state index contributed by atoms with van der Waals surface area (Å²) in [6.45, 7) is 2.72. The summed E-state index contributed by atoms with van der Waals surface area (Å²) in [4.78, 5) is 22.2. The zero-order valence-corrected chi connectivity index (χ0v) is 9.38. The lowest BCUT2D eigenvalue weighted by atomic mass is 10.2. The molecule has 0 aromatic heterocycles. The molecular formula is C11H12F2N2O2. The lowest BCUT2D eigenvalue weighted by Crippen LogP contribution is -2.40. The summed E-state index contributed by atoms with van der Waals surface area (Å²) in [7, 11) is 0. The Kier molecular flexibility index (Phi) is 4.14. The van der Waals surface area contributed by atoms with Crippen LogP contribution in [-0.2, 0) is 9.59 Å². The van der Waals surface area contributed by atoms with Gasteiger partial charge in [-0.15, -0.1) is 0 Å². The van der Waals surface area contributed by atoms with Crippen LogP contribution in [0, 0.1) is 11.6 Å². The van der Waals surface area contributed by atoms with Crippen LogP contribution in [0.4, 0.5) is 14.5 Å². The highest BCUT2D eigenvalue weighted by Crippen LogP contribution is 2.14. The Bertz CT molecular complexity index is 449. The summed E-state index contributed by atoms with van der Waals surface area (Å²) in [5, 5.41) is 4.59. The van der Waals surface area contributed by atoms with E-state index in [1.54, 1.807) is 0 Å². The second-order valence-electron chi connectivity index (χ2n) is 3.54. The molecule has 0 bridgehead atoms. The normalized spacial score (nSPS) is 11.8. The Labute approximate surface area is 97.0 Å². The van der Waals surface area contributed by atoms with Crippen molar-refractivity contribution in [3.8, 4) is 0 Å². The first kappa shape index (κ1) is 13.1. The van der Waals surface area contributed by atoms with Crippen LogP contribution in [0.3, 0.4) is 0 Å². The number of benzene rings is 1. The molecule has 0 saturated carbocycles. The van der Waals surface area contributed by atoms with Gasteiger partial charge in [0, 0.05) is 13.0 Å². The molecule has 1 unspecified atom stereocenters. The molecular weight excluding hydrogens is 230 g/mol. The van der Waals surface area contributed by atoms with Gasteiger partial charge < -0.3 is 10.6 Å². The van der Waals surface area contributed by atoms with Crippen molar-refractivity contribution in [1.82, 2.24) is 5.32 Å². The van der Waals surface area contributed by atoms with E-state index in [4.69, 9.17) is 0 Å². The molecule has 6 heteroatoms. The smallest absolute Gasteiger partial charge is 0.246 e. The molecule has 17 heavy (non-hydrogen) atoms. The Balaban J connectivity index is 2.71. The minimum absolute atomic E-state index is 0.131. The zero-order chi connectivity index (χ0) is 13.0. The third-order valence-corrected chi connectivity index (χ3v) is 2.00. The highest BCUT2D eigenvalue weighted by Gasteiger charge is 2.15. The van der Waals surface area contributed by atoms with Gasteiger partial charge in [-0.2, -0.15) is 0 Å². The fraction of sp³-hybridized carbons (Fsp3) is 0.273. The number of amides is 2. The molecule has 92 valence electrons. The van der Waals surface area contributed by atoms with Crippen LogP contribution in [0.5, 0.6) is 0 Å². The molecule has 0 aliphatic carbocycles. The highest BCUT2D eigenvalue weighted by atomic mass is 19.1. The molecule has 1 aromatic rings. The SMILES string of the molecule is CC(=O)NC(C)C(=O)Nc1ccc(F)cc1F. The van der Waals surface area contributed by atoms with Crippen molar-refractivity contribution in [2.24, 2.45) is 0 Å². The Morgan fingerprint density at radius 2 is 1.94 bits per heavy atom. The topological polar surface area (TPSA) is 58.2 Å². The molecule has 1 aromatic carbocycles. The molecule has 2 N–H and O–H groups in total. The van der Waals surface area contributed by atoms with E-state index in [9.17, 15) is 18.4 Å².